The topological polar surface area (TPSA) is 88.1 Å². The van der Waals surface area contributed by atoms with Crippen LogP contribution in [0.3, 0.4) is 0 Å². The standard InChI is InChI=1S/C19H33N3O3/c1-7-10-15(14-17(20)21-11-8-2)16(9-3)22(12-13-23)18(24)25-19(4,5)6/h7-8,10-11,14,16,23H,9,12-13H2,1-6H3,(H2,20,21)/b10-7-,11-8-,15-14+. The average molecular weight is 351 g/mol. The van der Waals surface area contributed by atoms with Gasteiger partial charge in [0.15, 0.2) is 0 Å². The molecule has 0 aromatic heterocycles. The van der Waals surface area contributed by atoms with Gasteiger partial charge in [0.2, 0.25) is 0 Å². The van der Waals surface area contributed by atoms with Crippen LogP contribution in [0.5, 0.6) is 0 Å². The van der Waals surface area contributed by atoms with E-state index in [4.69, 9.17) is 10.5 Å². The number of hydrogen-bond donors (Lipinski definition) is 2. The zero-order valence-corrected chi connectivity index (χ0v) is 16.3. The predicted molar refractivity (Wildman–Crippen MR) is 103 cm³/mol. The first kappa shape index (κ1) is 22.9. The third-order valence-corrected chi connectivity index (χ3v) is 3.16. The Morgan fingerprint density at radius 2 is 1.96 bits per heavy atom. The first-order chi connectivity index (χ1) is 11.7. The van der Waals surface area contributed by atoms with E-state index in [9.17, 15) is 9.90 Å². The lowest BCUT2D eigenvalue weighted by molar-refractivity contribution is 0.0154. The van der Waals surface area contributed by atoms with Gasteiger partial charge in [0.25, 0.3) is 0 Å². The summed E-state index contributed by atoms with van der Waals surface area (Å²) >= 11 is 0. The second-order valence-corrected chi connectivity index (χ2v) is 6.50. The van der Waals surface area contributed by atoms with Crippen LogP contribution in [0.25, 0.3) is 0 Å². The number of nitrogens with two attached hydrogens (primary N) is 1. The second kappa shape index (κ2) is 11.5. The van der Waals surface area contributed by atoms with E-state index in [0.29, 0.717) is 12.3 Å². The molecule has 0 heterocycles. The molecule has 0 aliphatic heterocycles. The summed E-state index contributed by atoms with van der Waals surface area (Å²) < 4.78 is 5.49. The van der Waals surface area contributed by atoms with E-state index in [1.807, 2.05) is 53.7 Å². The summed E-state index contributed by atoms with van der Waals surface area (Å²) in [6.45, 7) is 11.2. The van der Waals surface area contributed by atoms with Gasteiger partial charge in [-0.3, -0.25) is 4.90 Å². The highest BCUT2D eigenvalue weighted by atomic mass is 16.6. The van der Waals surface area contributed by atoms with Gasteiger partial charge in [-0.15, -0.1) is 0 Å². The number of rotatable bonds is 8. The minimum absolute atomic E-state index is 0.152. The number of amidine groups is 1. The smallest absolute Gasteiger partial charge is 0.410 e. The van der Waals surface area contributed by atoms with Crippen LogP contribution in [-0.4, -0.2) is 46.7 Å². The number of amides is 1. The number of ether oxygens (including phenoxy) is 1. The van der Waals surface area contributed by atoms with Crippen molar-refractivity contribution in [1.29, 1.82) is 0 Å². The van der Waals surface area contributed by atoms with Crippen molar-refractivity contribution in [1.82, 2.24) is 4.90 Å². The van der Waals surface area contributed by atoms with Gasteiger partial charge in [-0.2, -0.15) is 0 Å². The average Bonchev–Trinajstić information content (AvgIpc) is 2.51. The maximum Gasteiger partial charge on any atom is 0.410 e. The lowest BCUT2D eigenvalue weighted by atomic mass is 10.0. The molecule has 0 bridgehead atoms. The Bertz CT molecular complexity index is 529. The lowest BCUT2D eigenvalue weighted by Crippen LogP contribution is -2.45. The molecular formula is C19H33N3O3. The van der Waals surface area contributed by atoms with Crippen molar-refractivity contribution < 1.29 is 14.6 Å². The fourth-order valence-corrected chi connectivity index (χ4v) is 2.26. The van der Waals surface area contributed by atoms with Gasteiger partial charge in [-0.05, 0) is 52.7 Å². The van der Waals surface area contributed by atoms with Crippen LogP contribution in [0.2, 0.25) is 0 Å². The predicted octanol–water partition coefficient (Wildman–Crippen LogP) is 3.39. The van der Waals surface area contributed by atoms with Crippen LogP contribution >= 0.6 is 0 Å². The molecule has 3 N–H and O–H groups in total. The van der Waals surface area contributed by atoms with Crippen LogP contribution < -0.4 is 5.73 Å². The van der Waals surface area contributed by atoms with Gasteiger partial charge in [-0.1, -0.05) is 25.2 Å². The maximum absolute atomic E-state index is 12.6. The first-order valence-corrected chi connectivity index (χ1v) is 8.59. The Labute approximate surface area is 151 Å². The second-order valence-electron chi connectivity index (χ2n) is 6.50. The zero-order chi connectivity index (χ0) is 19.5. The Hall–Kier alpha value is -2.08. The highest BCUT2D eigenvalue weighted by Gasteiger charge is 2.28. The number of carbonyl (C=O) groups is 1. The van der Waals surface area contributed by atoms with Gasteiger partial charge in [0.05, 0.1) is 12.6 Å². The number of nitrogens with zero attached hydrogens (tertiary/aromatic N) is 2. The first-order valence-electron chi connectivity index (χ1n) is 8.59. The molecule has 0 aromatic carbocycles. The quantitative estimate of drug-likeness (QED) is 0.398. The number of aliphatic imine (C=N–C) groups is 1. The molecule has 0 saturated carbocycles. The van der Waals surface area contributed by atoms with Gasteiger partial charge in [-0.25, -0.2) is 9.79 Å². The Kier molecular flexibility index (Phi) is 10.5. The van der Waals surface area contributed by atoms with Crippen LogP contribution in [0, 0.1) is 0 Å². The van der Waals surface area contributed by atoms with E-state index in [0.717, 1.165) is 5.57 Å². The summed E-state index contributed by atoms with van der Waals surface area (Å²) in [5, 5.41) is 9.39. The molecule has 0 aliphatic rings. The number of hydrogen-bond acceptors (Lipinski definition) is 4. The molecule has 1 amide bonds. The van der Waals surface area contributed by atoms with Crippen molar-refractivity contribution in [2.24, 2.45) is 10.7 Å². The number of allylic oxidation sites excluding steroid dienone is 2. The molecule has 0 fully saturated rings. The largest absolute Gasteiger partial charge is 0.444 e. The van der Waals surface area contributed by atoms with Crippen molar-refractivity contribution in [3.05, 3.63) is 36.1 Å². The van der Waals surface area contributed by atoms with Crippen LogP contribution in [0.1, 0.15) is 48.0 Å². The number of carbonyl (C=O) groups excluding carboxylic acids is 1. The van der Waals surface area contributed by atoms with Gasteiger partial charge in [0.1, 0.15) is 11.4 Å². The van der Waals surface area contributed by atoms with Crippen molar-refractivity contribution in [2.45, 2.75) is 59.6 Å². The van der Waals surface area contributed by atoms with Crippen LogP contribution in [0.4, 0.5) is 4.79 Å². The van der Waals surface area contributed by atoms with E-state index in [-0.39, 0.29) is 19.2 Å². The van der Waals surface area contributed by atoms with Crippen molar-refractivity contribution >= 4 is 11.9 Å². The highest BCUT2D eigenvalue weighted by molar-refractivity contribution is 5.93. The third-order valence-electron chi connectivity index (χ3n) is 3.16. The molecule has 0 rings (SSSR count). The summed E-state index contributed by atoms with van der Waals surface area (Å²) in [5.41, 5.74) is 6.16. The Morgan fingerprint density at radius 3 is 2.40 bits per heavy atom. The molecule has 0 saturated heterocycles. The summed E-state index contributed by atoms with van der Waals surface area (Å²) in [5.74, 6) is 0.345. The molecule has 0 aromatic rings. The third kappa shape index (κ3) is 9.10. The van der Waals surface area contributed by atoms with Crippen LogP contribution in [0.15, 0.2) is 41.1 Å². The number of aliphatic hydroxyl groups is 1. The van der Waals surface area contributed by atoms with E-state index in [1.165, 1.54) is 4.90 Å². The number of aliphatic hydroxyl groups excluding tert-OH is 1. The monoisotopic (exact) mass is 351 g/mol. The zero-order valence-electron chi connectivity index (χ0n) is 16.3. The molecule has 6 heteroatoms. The summed E-state index contributed by atoms with van der Waals surface area (Å²) in [6, 6.07) is -0.280. The normalized spacial score (nSPS) is 15.0. The molecule has 0 aliphatic carbocycles. The summed E-state index contributed by atoms with van der Waals surface area (Å²) in [6.07, 6.45) is 9.08. The minimum Gasteiger partial charge on any atom is -0.444 e. The highest BCUT2D eigenvalue weighted by Crippen LogP contribution is 2.20. The van der Waals surface area contributed by atoms with E-state index in [1.54, 1.807) is 18.4 Å². The molecule has 1 unspecified atom stereocenters. The molecule has 25 heavy (non-hydrogen) atoms. The maximum atomic E-state index is 12.6. The van der Waals surface area contributed by atoms with Crippen LogP contribution in [-0.2, 0) is 4.74 Å². The fourth-order valence-electron chi connectivity index (χ4n) is 2.26. The van der Waals surface area contributed by atoms with E-state index < -0.39 is 11.7 Å². The Balaban J connectivity index is 5.79. The van der Waals surface area contributed by atoms with Gasteiger partial charge in [0, 0.05) is 12.7 Å². The van der Waals surface area contributed by atoms with Crippen molar-refractivity contribution in [2.75, 3.05) is 13.2 Å². The van der Waals surface area contributed by atoms with E-state index >= 15 is 0 Å². The Morgan fingerprint density at radius 1 is 1.32 bits per heavy atom. The van der Waals surface area contributed by atoms with Crippen molar-refractivity contribution in [3.63, 3.8) is 0 Å². The summed E-state index contributed by atoms with van der Waals surface area (Å²) in [4.78, 5) is 18.2. The minimum atomic E-state index is -0.611. The van der Waals surface area contributed by atoms with E-state index in [2.05, 4.69) is 4.99 Å². The van der Waals surface area contributed by atoms with Crippen molar-refractivity contribution in [3.8, 4) is 0 Å². The fraction of sp³-hybridized carbons (Fsp3) is 0.579. The molecule has 0 spiro atoms. The molecular weight excluding hydrogens is 318 g/mol. The van der Waals surface area contributed by atoms with Gasteiger partial charge < -0.3 is 15.6 Å². The molecule has 0 radical (unpaired) electrons. The molecule has 6 nitrogen and oxygen atoms in total. The van der Waals surface area contributed by atoms with Gasteiger partial charge >= 0.3 is 6.09 Å². The lowest BCUT2D eigenvalue weighted by Gasteiger charge is -2.33. The summed E-state index contributed by atoms with van der Waals surface area (Å²) in [7, 11) is 0. The molecule has 1 atom stereocenters. The SMILES string of the molecule is C\C=C/N=C(N)/C=C(\C=C/C)C(CC)N(CCO)C(=O)OC(C)(C)C. The molecule has 142 valence electrons.